The van der Waals surface area contributed by atoms with Gasteiger partial charge >= 0.3 is 12.1 Å². The summed E-state index contributed by atoms with van der Waals surface area (Å²) in [6, 6.07) is 11.7. The zero-order valence-electron chi connectivity index (χ0n) is 17.2. The third-order valence-electron chi connectivity index (χ3n) is 5.39. The van der Waals surface area contributed by atoms with Gasteiger partial charge in [0.1, 0.15) is 5.82 Å². The second-order valence-corrected chi connectivity index (χ2v) is 7.57. The van der Waals surface area contributed by atoms with Crippen LogP contribution in [0.1, 0.15) is 32.7 Å². The zero-order chi connectivity index (χ0) is 22.9. The predicted octanol–water partition coefficient (Wildman–Crippen LogP) is 3.80. The normalized spacial score (nSPS) is 14.1. The van der Waals surface area contributed by atoms with Crippen molar-refractivity contribution in [3.05, 3.63) is 86.8 Å². The highest BCUT2D eigenvalue weighted by atomic mass is 19.4. The number of aromatic nitrogens is 2. The van der Waals surface area contributed by atoms with Crippen LogP contribution in [-0.4, -0.2) is 34.5 Å². The van der Waals surface area contributed by atoms with Gasteiger partial charge in [-0.15, -0.1) is 0 Å². The smallest absolute Gasteiger partial charge is 0.416 e. The van der Waals surface area contributed by atoms with Crippen molar-refractivity contribution in [3.8, 4) is 11.4 Å². The van der Waals surface area contributed by atoms with E-state index in [-0.39, 0.29) is 11.4 Å². The molecule has 0 saturated heterocycles. The lowest BCUT2D eigenvalue weighted by Crippen LogP contribution is -2.35. The fraction of sp³-hybridized carbons (Fsp3) is 0.261. The number of hydrogen-bond donors (Lipinski definition) is 1. The molecule has 166 valence electrons. The lowest BCUT2D eigenvalue weighted by Gasteiger charge is -2.27. The quantitative estimate of drug-likeness (QED) is 0.621. The van der Waals surface area contributed by atoms with Crippen LogP contribution in [0.2, 0.25) is 0 Å². The van der Waals surface area contributed by atoms with Gasteiger partial charge in [0.15, 0.2) is 0 Å². The summed E-state index contributed by atoms with van der Waals surface area (Å²) in [5.74, 6) is -0.178. The molecule has 2 heterocycles. The largest absolute Gasteiger partial charge is 0.465 e. The summed E-state index contributed by atoms with van der Waals surface area (Å²) in [6.45, 7) is 1.60. The highest BCUT2D eigenvalue weighted by Gasteiger charge is 2.30. The fourth-order valence-corrected chi connectivity index (χ4v) is 3.76. The fourth-order valence-electron chi connectivity index (χ4n) is 3.76. The average Bonchev–Trinajstić information content (AvgIpc) is 2.78. The van der Waals surface area contributed by atoms with Crippen molar-refractivity contribution in [2.24, 2.45) is 0 Å². The molecule has 1 aromatic heterocycles. The number of esters is 1. The van der Waals surface area contributed by atoms with Gasteiger partial charge in [-0.25, -0.2) is 9.78 Å². The topological polar surface area (TPSA) is 75.3 Å². The van der Waals surface area contributed by atoms with Gasteiger partial charge in [-0.2, -0.15) is 13.2 Å². The summed E-state index contributed by atoms with van der Waals surface area (Å²) >= 11 is 0. The number of fused-ring (bicyclic) bond motifs is 1. The predicted molar refractivity (Wildman–Crippen MR) is 111 cm³/mol. The van der Waals surface area contributed by atoms with Crippen molar-refractivity contribution in [2.45, 2.75) is 25.7 Å². The minimum absolute atomic E-state index is 0.233. The molecule has 6 nitrogen and oxygen atoms in total. The second kappa shape index (κ2) is 8.58. The number of nitrogens with zero attached hydrogens (tertiary/aromatic N) is 2. The molecule has 0 saturated carbocycles. The third-order valence-corrected chi connectivity index (χ3v) is 5.39. The minimum Gasteiger partial charge on any atom is -0.465 e. The lowest BCUT2D eigenvalue weighted by molar-refractivity contribution is -0.137. The Morgan fingerprint density at radius 1 is 1.19 bits per heavy atom. The van der Waals surface area contributed by atoms with Crippen molar-refractivity contribution in [2.75, 3.05) is 13.7 Å². The first kappa shape index (κ1) is 21.8. The number of carbonyl (C=O) groups excluding carboxylic acids is 1. The Balaban J connectivity index is 1.56. The molecule has 0 spiro atoms. The van der Waals surface area contributed by atoms with Gasteiger partial charge in [-0.05, 0) is 36.2 Å². The summed E-state index contributed by atoms with van der Waals surface area (Å²) in [5, 5.41) is 0. The molecule has 9 heteroatoms. The van der Waals surface area contributed by atoms with Crippen LogP contribution in [0, 0.1) is 0 Å². The maximum absolute atomic E-state index is 12.8. The maximum atomic E-state index is 12.8. The highest BCUT2D eigenvalue weighted by molar-refractivity contribution is 5.89. The number of rotatable bonds is 4. The monoisotopic (exact) mass is 443 g/mol. The average molecular weight is 443 g/mol. The summed E-state index contributed by atoms with van der Waals surface area (Å²) < 4.78 is 43.2. The maximum Gasteiger partial charge on any atom is 0.416 e. The van der Waals surface area contributed by atoms with Crippen LogP contribution in [0.4, 0.5) is 13.2 Å². The highest BCUT2D eigenvalue weighted by Crippen LogP contribution is 2.30. The molecule has 4 rings (SSSR count). The number of nitrogens with one attached hydrogen (secondary N) is 1. The molecule has 0 amide bonds. The van der Waals surface area contributed by atoms with E-state index in [1.807, 2.05) is 6.07 Å². The van der Waals surface area contributed by atoms with Gasteiger partial charge in [-0.1, -0.05) is 24.3 Å². The molecule has 0 aliphatic carbocycles. The molecular formula is C23H20F3N3O3. The first-order valence-electron chi connectivity index (χ1n) is 9.94. The van der Waals surface area contributed by atoms with Crippen LogP contribution in [0.5, 0.6) is 0 Å². The van der Waals surface area contributed by atoms with Gasteiger partial charge in [0, 0.05) is 30.8 Å². The molecule has 0 atom stereocenters. The van der Waals surface area contributed by atoms with Crippen molar-refractivity contribution >= 4 is 5.97 Å². The number of alkyl halides is 3. The van der Waals surface area contributed by atoms with E-state index >= 15 is 0 Å². The van der Waals surface area contributed by atoms with Gasteiger partial charge in [0.2, 0.25) is 0 Å². The van der Waals surface area contributed by atoms with E-state index in [1.165, 1.54) is 19.2 Å². The van der Waals surface area contributed by atoms with Gasteiger partial charge < -0.3 is 9.72 Å². The van der Waals surface area contributed by atoms with Crippen LogP contribution in [-0.2, 0) is 30.4 Å². The molecule has 0 unspecified atom stereocenters. The molecule has 0 bridgehead atoms. The van der Waals surface area contributed by atoms with E-state index in [0.717, 1.165) is 17.7 Å². The Labute approximate surface area is 181 Å². The number of aromatic amines is 1. The Kier molecular flexibility index (Phi) is 5.84. The number of benzene rings is 2. The number of methoxy groups -OCH3 is 1. The molecule has 1 N–H and O–H groups in total. The van der Waals surface area contributed by atoms with Crippen LogP contribution in [0.25, 0.3) is 11.4 Å². The molecule has 0 radical (unpaired) electrons. The number of hydrogen-bond acceptors (Lipinski definition) is 5. The van der Waals surface area contributed by atoms with Crippen molar-refractivity contribution in [1.29, 1.82) is 0 Å². The first-order chi connectivity index (χ1) is 15.2. The Hall–Kier alpha value is -3.46. The van der Waals surface area contributed by atoms with E-state index in [4.69, 9.17) is 4.74 Å². The van der Waals surface area contributed by atoms with Gasteiger partial charge in [0.25, 0.3) is 5.56 Å². The molecule has 1 aliphatic heterocycles. The second-order valence-electron chi connectivity index (χ2n) is 7.57. The van der Waals surface area contributed by atoms with Crippen molar-refractivity contribution in [1.82, 2.24) is 14.9 Å². The molecular weight excluding hydrogens is 423 g/mol. The van der Waals surface area contributed by atoms with Crippen LogP contribution in [0.3, 0.4) is 0 Å². The third kappa shape index (κ3) is 4.57. The molecule has 0 fully saturated rings. The molecule has 2 aromatic carbocycles. The van der Waals surface area contributed by atoms with Crippen molar-refractivity contribution in [3.63, 3.8) is 0 Å². The van der Waals surface area contributed by atoms with E-state index in [9.17, 15) is 22.8 Å². The number of H-pyrrole nitrogens is 1. The van der Waals surface area contributed by atoms with Gasteiger partial charge in [0.05, 0.1) is 23.9 Å². The van der Waals surface area contributed by atoms with E-state index in [0.29, 0.717) is 48.4 Å². The van der Waals surface area contributed by atoms with Crippen LogP contribution >= 0.6 is 0 Å². The number of halogens is 3. The minimum atomic E-state index is -4.43. The van der Waals surface area contributed by atoms with E-state index in [1.54, 1.807) is 18.2 Å². The van der Waals surface area contributed by atoms with Gasteiger partial charge in [-0.3, -0.25) is 9.69 Å². The Morgan fingerprint density at radius 3 is 2.62 bits per heavy atom. The van der Waals surface area contributed by atoms with Crippen LogP contribution in [0.15, 0.2) is 53.3 Å². The van der Waals surface area contributed by atoms with Crippen LogP contribution < -0.4 is 5.56 Å². The Bertz CT molecular complexity index is 1200. The van der Waals surface area contributed by atoms with Crippen molar-refractivity contribution < 1.29 is 22.7 Å². The SMILES string of the molecule is COC(=O)c1cccc(CN2CCc3c(nc(-c4ccc(C(F)(F)F)cc4)[nH]c3=O)C2)c1. The summed E-state index contributed by atoms with van der Waals surface area (Å²) in [5.41, 5.74) is 1.92. The molecule has 3 aromatic rings. The molecule has 1 aliphatic rings. The summed E-state index contributed by atoms with van der Waals surface area (Å²) in [4.78, 5) is 33.6. The summed E-state index contributed by atoms with van der Waals surface area (Å²) in [6.07, 6.45) is -3.93. The van der Waals surface area contributed by atoms with E-state index in [2.05, 4.69) is 14.9 Å². The van der Waals surface area contributed by atoms with E-state index < -0.39 is 17.7 Å². The lowest BCUT2D eigenvalue weighted by atomic mass is 10.0. The zero-order valence-corrected chi connectivity index (χ0v) is 17.2. The number of carbonyl (C=O) groups is 1. The standard InChI is InChI=1S/C23H20F3N3O3/c1-32-22(31)16-4-2-3-14(11-16)12-29-10-9-18-19(13-29)27-20(28-21(18)30)15-5-7-17(8-6-15)23(24,25)26/h2-8,11H,9-10,12-13H2,1H3,(H,27,28,30). The summed E-state index contributed by atoms with van der Waals surface area (Å²) in [7, 11) is 1.33. The Morgan fingerprint density at radius 2 is 1.94 bits per heavy atom. The number of ether oxygens (including phenoxy) is 1. The first-order valence-corrected chi connectivity index (χ1v) is 9.94. The molecule has 32 heavy (non-hydrogen) atoms.